The van der Waals surface area contributed by atoms with E-state index in [1.165, 1.54) is 18.3 Å². The number of hydrogen-bond donors (Lipinski definition) is 1. The number of fused-ring (bicyclic) bond motifs is 1. The first-order valence-electron chi connectivity index (χ1n) is 5.59. The van der Waals surface area contributed by atoms with E-state index in [1.54, 1.807) is 0 Å². The van der Waals surface area contributed by atoms with Crippen molar-refractivity contribution in [3.05, 3.63) is 33.3 Å². The SMILES string of the molecule is CCCNc1c(C#N)cnc2c(I)cc(F)cc12. The fraction of sp³-hybridized carbons (Fsp3) is 0.231. The van der Waals surface area contributed by atoms with Gasteiger partial charge in [0.25, 0.3) is 0 Å². The Morgan fingerprint density at radius 1 is 1.50 bits per heavy atom. The maximum absolute atomic E-state index is 13.5. The summed E-state index contributed by atoms with van der Waals surface area (Å²) < 4.78 is 14.2. The molecule has 1 heterocycles. The Bertz CT molecular complexity index is 634. The van der Waals surface area contributed by atoms with Crippen LogP contribution in [-0.4, -0.2) is 11.5 Å². The van der Waals surface area contributed by atoms with Crippen LogP contribution in [0.5, 0.6) is 0 Å². The van der Waals surface area contributed by atoms with Gasteiger partial charge in [0, 0.05) is 21.7 Å². The van der Waals surface area contributed by atoms with Crippen molar-refractivity contribution in [2.45, 2.75) is 13.3 Å². The monoisotopic (exact) mass is 355 g/mol. The van der Waals surface area contributed by atoms with Gasteiger partial charge in [-0.05, 0) is 41.1 Å². The lowest BCUT2D eigenvalue weighted by atomic mass is 10.1. The third kappa shape index (κ3) is 2.38. The van der Waals surface area contributed by atoms with Crippen molar-refractivity contribution in [2.75, 3.05) is 11.9 Å². The summed E-state index contributed by atoms with van der Waals surface area (Å²) in [6.45, 7) is 2.77. The Balaban J connectivity index is 2.72. The van der Waals surface area contributed by atoms with Crippen LogP contribution < -0.4 is 5.32 Å². The molecule has 0 aliphatic carbocycles. The van der Waals surface area contributed by atoms with Gasteiger partial charge in [-0.3, -0.25) is 4.98 Å². The summed E-state index contributed by atoms with van der Waals surface area (Å²) in [6, 6.07) is 4.94. The average molecular weight is 355 g/mol. The molecule has 0 amide bonds. The Labute approximate surface area is 118 Å². The van der Waals surface area contributed by atoms with Crippen LogP contribution in [0.3, 0.4) is 0 Å². The molecule has 2 aromatic rings. The number of rotatable bonds is 3. The second-order valence-electron chi connectivity index (χ2n) is 3.87. The number of halogens is 2. The van der Waals surface area contributed by atoms with E-state index in [0.29, 0.717) is 16.6 Å². The van der Waals surface area contributed by atoms with Gasteiger partial charge in [0.15, 0.2) is 0 Å². The quantitative estimate of drug-likeness (QED) is 0.855. The minimum atomic E-state index is -0.316. The number of hydrogen-bond acceptors (Lipinski definition) is 3. The number of aromatic nitrogens is 1. The van der Waals surface area contributed by atoms with Gasteiger partial charge in [0.05, 0.1) is 16.8 Å². The lowest BCUT2D eigenvalue weighted by Crippen LogP contribution is -2.04. The van der Waals surface area contributed by atoms with Gasteiger partial charge in [-0.25, -0.2) is 4.39 Å². The zero-order valence-electron chi connectivity index (χ0n) is 9.80. The molecule has 1 aromatic heterocycles. The zero-order chi connectivity index (χ0) is 13.1. The maximum atomic E-state index is 13.5. The third-order valence-corrected chi connectivity index (χ3v) is 3.38. The number of nitriles is 1. The topological polar surface area (TPSA) is 48.7 Å². The molecule has 92 valence electrons. The number of nitrogens with one attached hydrogen (secondary N) is 1. The Morgan fingerprint density at radius 3 is 2.94 bits per heavy atom. The highest BCUT2D eigenvalue weighted by Gasteiger charge is 2.11. The van der Waals surface area contributed by atoms with Crippen molar-refractivity contribution in [3.63, 3.8) is 0 Å². The van der Waals surface area contributed by atoms with Crippen LogP contribution in [0.25, 0.3) is 10.9 Å². The first-order valence-corrected chi connectivity index (χ1v) is 6.67. The molecule has 2 rings (SSSR count). The predicted octanol–water partition coefficient (Wildman–Crippen LogP) is 3.67. The van der Waals surface area contributed by atoms with Crippen LogP contribution >= 0.6 is 22.6 Å². The molecule has 0 aliphatic rings. The molecule has 0 aliphatic heterocycles. The molecule has 5 heteroatoms. The van der Waals surface area contributed by atoms with Crippen molar-refractivity contribution in [3.8, 4) is 6.07 Å². The molecule has 0 atom stereocenters. The van der Waals surface area contributed by atoms with Crippen LogP contribution in [0.15, 0.2) is 18.3 Å². The summed E-state index contributed by atoms with van der Waals surface area (Å²) in [5.74, 6) is -0.316. The first kappa shape index (κ1) is 13.0. The fourth-order valence-corrected chi connectivity index (χ4v) is 2.48. The lowest BCUT2D eigenvalue weighted by molar-refractivity contribution is 0.628. The number of benzene rings is 1. The molecule has 0 saturated carbocycles. The van der Waals surface area contributed by atoms with Gasteiger partial charge in [-0.15, -0.1) is 0 Å². The summed E-state index contributed by atoms with van der Waals surface area (Å²) in [7, 11) is 0. The molecule has 0 spiro atoms. The summed E-state index contributed by atoms with van der Waals surface area (Å²) >= 11 is 2.05. The van der Waals surface area contributed by atoms with Gasteiger partial charge < -0.3 is 5.32 Å². The molecule has 0 radical (unpaired) electrons. The molecule has 0 bridgehead atoms. The lowest BCUT2D eigenvalue weighted by Gasteiger charge is -2.11. The minimum absolute atomic E-state index is 0.316. The molecule has 3 nitrogen and oxygen atoms in total. The van der Waals surface area contributed by atoms with Crippen LogP contribution in [0.1, 0.15) is 18.9 Å². The Morgan fingerprint density at radius 2 is 2.28 bits per heavy atom. The van der Waals surface area contributed by atoms with Crippen LogP contribution in [0.4, 0.5) is 10.1 Å². The van der Waals surface area contributed by atoms with Gasteiger partial charge in [0.2, 0.25) is 0 Å². The van der Waals surface area contributed by atoms with Crippen molar-refractivity contribution >= 4 is 39.2 Å². The largest absolute Gasteiger partial charge is 0.383 e. The second kappa shape index (κ2) is 5.48. The second-order valence-corrected chi connectivity index (χ2v) is 5.03. The summed E-state index contributed by atoms with van der Waals surface area (Å²) in [5.41, 5.74) is 1.83. The fourth-order valence-electron chi connectivity index (χ4n) is 1.75. The highest BCUT2D eigenvalue weighted by atomic mass is 127. The molecular formula is C13H11FIN3. The highest BCUT2D eigenvalue weighted by Crippen LogP contribution is 2.29. The zero-order valence-corrected chi connectivity index (χ0v) is 12.0. The van der Waals surface area contributed by atoms with Crippen LogP contribution in [-0.2, 0) is 0 Å². The molecule has 1 N–H and O–H groups in total. The van der Waals surface area contributed by atoms with Gasteiger partial charge in [0.1, 0.15) is 11.9 Å². The minimum Gasteiger partial charge on any atom is -0.383 e. The number of pyridine rings is 1. The average Bonchev–Trinajstić information content (AvgIpc) is 2.35. The smallest absolute Gasteiger partial charge is 0.125 e. The van der Waals surface area contributed by atoms with Gasteiger partial charge in [-0.2, -0.15) is 5.26 Å². The maximum Gasteiger partial charge on any atom is 0.125 e. The third-order valence-electron chi connectivity index (χ3n) is 2.56. The van der Waals surface area contributed by atoms with Crippen molar-refractivity contribution < 1.29 is 4.39 Å². The van der Waals surface area contributed by atoms with Crippen LogP contribution in [0.2, 0.25) is 0 Å². The predicted molar refractivity (Wildman–Crippen MR) is 77.9 cm³/mol. The first-order chi connectivity index (χ1) is 8.67. The molecule has 0 fully saturated rings. The van der Waals surface area contributed by atoms with Crippen molar-refractivity contribution in [1.29, 1.82) is 5.26 Å². The summed E-state index contributed by atoms with van der Waals surface area (Å²) in [4.78, 5) is 4.22. The standard InChI is InChI=1S/C13H11FIN3/c1-2-3-17-12-8(6-16)7-18-13-10(12)4-9(14)5-11(13)15/h4-5,7H,2-3H2,1H3,(H,17,18). The Kier molecular flexibility index (Phi) is 3.97. The molecule has 0 unspecified atom stereocenters. The number of anilines is 1. The Hall–Kier alpha value is -1.42. The van der Waals surface area contributed by atoms with Crippen molar-refractivity contribution in [2.24, 2.45) is 0 Å². The molecule has 18 heavy (non-hydrogen) atoms. The van der Waals surface area contributed by atoms with E-state index in [4.69, 9.17) is 5.26 Å². The normalized spacial score (nSPS) is 10.3. The van der Waals surface area contributed by atoms with Crippen LogP contribution in [0, 0.1) is 20.7 Å². The van der Waals surface area contributed by atoms with Gasteiger partial charge in [-0.1, -0.05) is 6.92 Å². The van der Waals surface area contributed by atoms with E-state index in [0.717, 1.165) is 22.1 Å². The van der Waals surface area contributed by atoms with E-state index in [2.05, 4.69) is 16.4 Å². The van der Waals surface area contributed by atoms with Crippen molar-refractivity contribution in [1.82, 2.24) is 4.98 Å². The number of nitrogens with zero attached hydrogens (tertiary/aromatic N) is 2. The van der Waals surface area contributed by atoms with Gasteiger partial charge >= 0.3 is 0 Å². The highest BCUT2D eigenvalue weighted by molar-refractivity contribution is 14.1. The van der Waals surface area contributed by atoms with E-state index in [1.807, 2.05) is 29.5 Å². The van der Waals surface area contributed by atoms with E-state index in [9.17, 15) is 4.39 Å². The molecular weight excluding hydrogens is 344 g/mol. The van der Waals surface area contributed by atoms with E-state index in [-0.39, 0.29) is 5.82 Å². The summed E-state index contributed by atoms with van der Waals surface area (Å²) in [6.07, 6.45) is 2.46. The van der Waals surface area contributed by atoms with E-state index >= 15 is 0 Å². The molecule has 1 aromatic carbocycles. The molecule has 0 saturated heterocycles. The summed E-state index contributed by atoms with van der Waals surface area (Å²) in [5, 5.41) is 12.9. The van der Waals surface area contributed by atoms with E-state index < -0.39 is 0 Å².